The van der Waals surface area contributed by atoms with Gasteiger partial charge in [-0.15, -0.1) is 24.0 Å². The van der Waals surface area contributed by atoms with Crippen molar-refractivity contribution >= 4 is 29.9 Å². The van der Waals surface area contributed by atoms with Crippen LogP contribution in [0, 0.1) is 5.92 Å². The van der Waals surface area contributed by atoms with Crippen molar-refractivity contribution in [1.82, 2.24) is 10.6 Å². The van der Waals surface area contributed by atoms with Crippen LogP contribution < -0.4 is 10.6 Å². The molecule has 0 heterocycles. The summed E-state index contributed by atoms with van der Waals surface area (Å²) >= 11 is 0. The molecule has 126 valence electrons. The maximum absolute atomic E-state index is 5.57. The number of halogens is 1. The van der Waals surface area contributed by atoms with E-state index in [1.165, 1.54) is 5.56 Å². The zero-order valence-corrected chi connectivity index (χ0v) is 16.3. The third-order valence-corrected chi connectivity index (χ3v) is 2.82. The number of rotatable bonds is 9. The van der Waals surface area contributed by atoms with Gasteiger partial charge in [0.25, 0.3) is 0 Å². The van der Waals surface area contributed by atoms with Crippen LogP contribution in [0.15, 0.2) is 35.3 Å². The first-order valence-electron chi connectivity index (χ1n) is 7.86. The highest BCUT2D eigenvalue weighted by Crippen LogP contribution is 1.99. The van der Waals surface area contributed by atoms with E-state index in [1.807, 2.05) is 18.2 Å². The van der Waals surface area contributed by atoms with E-state index in [4.69, 9.17) is 4.74 Å². The molecule has 0 aromatic heterocycles. The Morgan fingerprint density at radius 3 is 2.55 bits per heavy atom. The predicted octanol–water partition coefficient (Wildman–Crippen LogP) is 3.42. The smallest absolute Gasteiger partial charge is 0.191 e. The molecule has 4 nitrogen and oxygen atoms in total. The fourth-order valence-electron chi connectivity index (χ4n) is 1.80. The summed E-state index contributed by atoms with van der Waals surface area (Å²) in [5, 5.41) is 6.60. The minimum Gasteiger partial charge on any atom is -0.381 e. The van der Waals surface area contributed by atoms with Crippen molar-refractivity contribution in [2.75, 3.05) is 26.3 Å². The lowest BCUT2D eigenvalue weighted by atomic mass is 10.2. The molecule has 0 saturated heterocycles. The Hall–Kier alpha value is -0.820. The number of guanidine groups is 1. The van der Waals surface area contributed by atoms with Crippen LogP contribution in [0.2, 0.25) is 0 Å². The van der Waals surface area contributed by atoms with Crippen molar-refractivity contribution in [2.45, 2.75) is 33.7 Å². The lowest BCUT2D eigenvalue weighted by Gasteiger charge is -2.12. The van der Waals surface area contributed by atoms with Gasteiger partial charge in [-0.1, -0.05) is 44.2 Å². The number of hydrogen-bond acceptors (Lipinski definition) is 2. The van der Waals surface area contributed by atoms with Crippen LogP contribution in [0.5, 0.6) is 0 Å². The normalized spacial score (nSPS) is 11.2. The van der Waals surface area contributed by atoms with Crippen molar-refractivity contribution in [1.29, 1.82) is 0 Å². The molecule has 0 aliphatic carbocycles. The second-order valence-corrected chi connectivity index (χ2v) is 5.43. The summed E-state index contributed by atoms with van der Waals surface area (Å²) in [6, 6.07) is 10.3. The van der Waals surface area contributed by atoms with Crippen LogP contribution >= 0.6 is 24.0 Å². The van der Waals surface area contributed by atoms with E-state index in [0.29, 0.717) is 12.5 Å². The number of nitrogens with zero attached hydrogens (tertiary/aromatic N) is 1. The zero-order chi connectivity index (χ0) is 15.3. The lowest BCUT2D eigenvalue weighted by molar-refractivity contribution is 0.108. The van der Waals surface area contributed by atoms with Crippen molar-refractivity contribution in [3.8, 4) is 0 Å². The maximum Gasteiger partial charge on any atom is 0.191 e. The number of hydrogen-bond donors (Lipinski definition) is 2. The van der Waals surface area contributed by atoms with Crippen LogP contribution in [0.25, 0.3) is 0 Å². The highest BCUT2D eigenvalue weighted by atomic mass is 127. The highest BCUT2D eigenvalue weighted by molar-refractivity contribution is 14.0. The van der Waals surface area contributed by atoms with Gasteiger partial charge < -0.3 is 15.4 Å². The summed E-state index contributed by atoms with van der Waals surface area (Å²) in [5.74, 6) is 1.47. The van der Waals surface area contributed by atoms with E-state index in [9.17, 15) is 0 Å². The molecule has 0 unspecified atom stereocenters. The van der Waals surface area contributed by atoms with Gasteiger partial charge >= 0.3 is 0 Å². The number of aliphatic imine (C=N–C) groups is 1. The van der Waals surface area contributed by atoms with Gasteiger partial charge in [0, 0.05) is 26.3 Å². The Bertz CT molecular complexity index is 396. The molecule has 1 aromatic rings. The summed E-state index contributed by atoms with van der Waals surface area (Å²) in [6.07, 6.45) is 0.989. The largest absolute Gasteiger partial charge is 0.381 e. The average Bonchev–Trinajstić information content (AvgIpc) is 2.49. The summed E-state index contributed by atoms with van der Waals surface area (Å²) in [4.78, 5) is 4.58. The third kappa shape index (κ3) is 10.8. The molecule has 2 N–H and O–H groups in total. The second kappa shape index (κ2) is 13.8. The first-order chi connectivity index (χ1) is 10.2. The number of benzene rings is 1. The van der Waals surface area contributed by atoms with Gasteiger partial charge in [-0.25, -0.2) is 4.99 Å². The molecular formula is C17H30IN3O. The number of nitrogens with one attached hydrogen (secondary N) is 2. The fraction of sp³-hybridized carbons (Fsp3) is 0.588. The molecule has 0 radical (unpaired) electrons. The first-order valence-corrected chi connectivity index (χ1v) is 7.86. The van der Waals surface area contributed by atoms with E-state index >= 15 is 0 Å². The number of ether oxygens (including phenoxy) is 1. The van der Waals surface area contributed by atoms with Gasteiger partial charge in [0.15, 0.2) is 5.96 Å². The van der Waals surface area contributed by atoms with E-state index in [0.717, 1.165) is 38.7 Å². The van der Waals surface area contributed by atoms with Gasteiger partial charge in [-0.3, -0.25) is 0 Å². The Kier molecular flexibility index (Phi) is 13.3. The predicted molar refractivity (Wildman–Crippen MR) is 105 cm³/mol. The van der Waals surface area contributed by atoms with Gasteiger partial charge in [0.2, 0.25) is 0 Å². The molecule has 1 rings (SSSR count). The zero-order valence-electron chi connectivity index (χ0n) is 14.0. The van der Waals surface area contributed by atoms with E-state index in [1.54, 1.807) is 0 Å². The highest BCUT2D eigenvalue weighted by Gasteiger charge is 1.98. The molecule has 0 atom stereocenters. The molecule has 0 saturated carbocycles. The van der Waals surface area contributed by atoms with Crippen LogP contribution in [-0.4, -0.2) is 32.3 Å². The molecule has 5 heteroatoms. The molecule has 0 aliphatic heterocycles. The molecule has 0 amide bonds. The molecule has 0 bridgehead atoms. The summed E-state index contributed by atoms with van der Waals surface area (Å²) in [7, 11) is 0. The quantitative estimate of drug-likeness (QED) is 0.279. The molecule has 1 aromatic carbocycles. The molecule has 0 fully saturated rings. The van der Waals surface area contributed by atoms with Crippen LogP contribution in [-0.2, 0) is 11.3 Å². The van der Waals surface area contributed by atoms with Crippen molar-refractivity contribution in [3.05, 3.63) is 35.9 Å². The van der Waals surface area contributed by atoms with Crippen LogP contribution in [0.4, 0.5) is 0 Å². The lowest BCUT2D eigenvalue weighted by Crippen LogP contribution is -2.38. The molecule has 0 aliphatic rings. The van der Waals surface area contributed by atoms with E-state index in [2.05, 4.69) is 48.5 Å². The Balaban J connectivity index is 0.00000441. The Labute approximate surface area is 152 Å². The van der Waals surface area contributed by atoms with Crippen LogP contribution in [0.3, 0.4) is 0 Å². The standard InChI is InChI=1S/C17H29N3O.HI/c1-4-18-17(19-11-8-12-21-14-15(2)3)20-13-16-9-6-5-7-10-16;/h5-7,9-10,15H,4,8,11-14H2,1-3H3,(H2,18,19,20);1H. The second-order valence-electron chi connectivity index (χ2n) is 5.43. The Morgan fingerprint density at radius 2 is 1.91 bits per heavy atom. The molecule has 22 heavy (non-hydrogen) atoms. The first kappa shape index (κ1) is 21.2. The average molecular weight is 419 g/mol. The van der Waals surface area contributed by atoms with Crippen molar-refractivity contribution in [2.24, 2.45) is 10.9 Å². The summed E-state index contributed by atoms with van der Waals surface area (Å²) in [6.45, 7) is 10.5. The maximum atomic E-state index is 5.57. The van der Waals surface area contributed by atoms with Crippen molar-refractivity contribution in [3.63, 3.8) is 0 Å². The summed E-state index contributed by atoms with van der Waals surface area (Å²) < 4.78 is 5.57. The minimum absolute atomic E-state index is 0. The van der Waals surface area contributed by atoms with Gasteiger partial charge in [0.1, 0.15) is 0 Å². The van der Waals surface area contributed by atoms with E-state index < -0.39 is 0 Å². The van der Waals surface area contributed by atoms with E-state index in [-0.39, 0.29) is 24.0 Å². The monoisotopic (exact) mass is 419 g/mol. The topological polar surface area (TPSA) is 45.7 Å². The molecule has 0 spiro atoms. The Morgan fingerprint density at radius 1 is 1.18 bits per heavy atom. The fourth-order valence-corrected chi connectivity index (χ4v) is 1.80. The van der Waals surface area contributed by atoms with Gasteiger partial charge in [-0.05, 0) is 24.8 Å². The minimum atomic E-state index is 0. The van der Waals surface area contributed by atoms with Crippen LogP contribution in [0.1, 0.15) is 32.8 Å². The third-order valence-electron chi connectivity index (χ3n) is 2.82. The van der Waals surface area contributed by atoms with Gasteiger partial charge in [-0.2, -0.15) is 0 Å². The SMILES string of the molecule is CCNC(=NCc1ccccc1)NCCCOCC(C)C.I. The summed E-state index contributed by atoms with van der Waals surface area (Å²) in [5.41, 5.74) is 1.22. The van der Waals surface area contributed by atoms with Gasteiger partial charge in [0.05, 0.1) is 6.54 Å². The van der Waals surface area contributed by atoms with Crippen molar-refractivity contribution < 1.29 is 4.74 Å². The molecular weight excluding hydrogens is 389 g/mol.